The summed E-state index contributed by atoms with van der Waals surface area (Å²) >= 11 is 3.35. The van der Waals surface area contributed by atoms with E-state index >= 15 is 0 Å². The predicted octanol–water partition coefficient (Wildman–Crippen LogP) is 3.26. The summed E-state index contributed by atoms with van der Waals surface area (Å²) in [5, 5.41) is 2.68. The van der Waals surface area contributed by atoms with E-state index < -0.39 is 36.0 Å². The van der Waals surface area contributed by atoms with Gasteiger partial charge < -0.3 is 19.7 Å². The summed E-state index contributed by atoms with van der Waals surface area (Å²) in [7, 11) is 0. The molecule has 2 saturated heterocycles. The van der Waals surface area contributed by atoms with Crippen molar-refractivity contribution in [3.8, 4) is 5.75 Å². The van der Waals surface area contributed by atoms with Crippen molar-refractivity contribution in [1.82, 2.24) is 10.2 Å². The van der Waals surface area contributed by atoms with Gasteiger partial charge in [0.25, 0.3) is 5.91 Å². The summed E-state index contributed by atoms with van der Waals surface area (Å²) in [5.41, 5.74) is 0.836. The molecule has 0 spiro atoms. The molecule has 7 nitrogen and oxygen atoms in total. The normalized spacial score (nSPS) is 20.7. The Kier molecular flexibility index (Phi) is 6.94. The topological polar surface area (TPSA) is 84.9 Å². The maximum Gasteiger partial charge on any atom is 0.573 e. The van der Waals surface area contributed by atoms with E-state index in [2.05, 4.69) is 26.0 Å². The van der Waals surface area contributed by atoms with Crippen molar-refractivity contribution in [3.05, 3.63) is 64.1 Å². The molecule has 4 rings (SSSR count). The van der Waals surface area contributed by atoms with Gasteiger partial charge >= 0.3 is 6.36 Å². The molecule has 3 atom stereocenters. The molecule has 2 aliphatic heterocycles. The highest BCUT2D eigenvalue weighted by Crippen LogP contribution is 2.28. The van der Waals surface area contributed by atoms with Crippen LogP contribution in [0.3, 0.4) is 0 Å². The first-order chi connectivity index (χ1) is 16.1. The number of halogens is 4. The van der Waals surface area contributed by atoms with Crippen molar-refractivity contribution in [1.29, 1.82) is 0 Å². The van der Waals surface area contributed by atoms with Gasteiger partial charge in [0.15, 0.2) is 5.78 Å². The number of nitrogens with zero attached hydrogens (tertiary/aromatic N) is 1. The number of fused-ring (bicyclic) bond motifs is 1. The number of rotatable bonds is 6. The fraction of sp³-hybridized carbons (Fsp3) is 0.348. The number of likely N-dealkylation sites (tertiary alicyclic amines) is 1. The van der Waals surface area contributed by atoms with Crippen molar-refractivity contribution in [2.24, 2.45) is 0 Å². The fourth-order valence-electron chi connectivity index (χ4n) is 4.15. The van der Waals surface area contributed by atoms with Gasteiger partial charge in [0.05, 0.1) is 6.10 Å². The van der Waals surface area contributed by atoms with E-state index in [1.165, 1.54) is 17.0 Å². The molecule has 0 radical (unpaired) electrons. The Morgan fingerprint density at radius 1 is 1.15 bits per heavy atom. The minimum absolute atomic E-state index is 0.0464. The summed E-state index contributed by atoms with van der Waals surface area (Å²) < 4.78 is 47.3. The van der Waals surface area contributed by atoms with Crippen LogP contribution < -0.4 is 10.1 Å². The minimum Gasteiger partial charge on any atom is -0.406 e. The third-order valence-electron chi connectivity index (χ3n) is 5.70. The lowest BCUT2D eigenvalue weighted by Crippen LogP contribution is -2.53. The van der Waals surface area contributed by atoms with Gasteiger partial charge in [0.2, 0.25) is 5.91 Å². The van der Waals surface area contributed by atoms with Crippen molar-refractivity contribution >= 4 is 33.5 Å². The van der Waals surface area contributed by atoms with Crippen molar-refractivity contribution in [3.63, 3.8) is 0 Å². The Hall–Kier alpha value is -2.92. The third kappa shape index (κ3) is 5.58. The lowest BCUT2D eigenvalue weighted by Gasteiger charge is -2.27. The van der Waals surface area contributed by atoms with Gasteiger partial charge in [0.1, 0.15) is 24.4 Å². The molecule has 0 aliphatic carbocycles. The lowest BCUT2D eigenvalue weighted by molar-refractivity contribution is -0.274. The molecule has 180 valence electrons. The Balaban J connectivity index is 1.53. The number of carbonyl (C=O) groups excluding carboxylic acids is 3. The van der Waals surface area contributed by atoms with E-state index in [9.17, 15) is 27.6 Å². The molecule has 2 aromatic rings. The largest absolute Gasteiger partial charge is 0.573 e. The molecule has 2 amide bonds. The molecule has 1 N–H and O–H groups in total. The third-order valence-corrected chi connectivity index (χ3v) is 6.23. The molecular formula is C23H20BrF3N2O5. The molecular weight excluding hydrogens is 521 g/mol. The molecule has 0 aromatic heterocycles. The number of ether oxygens (including phenoxy) is 2. The fourth-order valence-corrected chi connectivity index (χ4v) is 4.41. The average Bonchev–Trinajstić information content (AvgIpc) is 3.36. The van der Waals surface area contributed by atoms with Gasteiger partial charge in [-0.25, -0.2) is 0 Å². The van der Waals surface area contributed by atoms with E-state index in [-0.39, 0.29) is 30.5 Å². The molecule has 0 bridgehead atoms. The van der Waals surface area contributed by atoms with E-state index in [4.69, 9.17) is 4.74 Å². The number of alkyl halides is 3. The van der Waals surface area contributed by atoms with Crippen LogP contribution in [0.2, 0.25) is 0 Å². The second-order valence-electron chi connectivity index (χ2n) is 8.01. The van der Waals surface area contributed by atoms with Gasteiger partial charge in [-0.15, -0.1) is 13.2 Å². The molecule has 2 heterocycles. The summed E-state index contributed by atoms with van der Waals surface area (Å²) in [6.45, 7) is 0.283. The maximum atomic E-state index is 13.4. The molecule has 34 heavy (non-hydrogen) atoms. The number of benzene rings is 2. The Labute approximate surface area is 201 Å². The molecule has 0 saturated carbocycles. The molecule has 3 unspecified atom stereocenters. The minimum atomic E-state index is -4.85. The van der Waals surface area contributed by atoms with Crippen LogP contribution in [0.5, 0.6) is 5.75 Å². The number of hydrogen-bond acceptors (Lipinski definition) is 5. The Morgan fingerprint density at radius 2 is 1.82 bits per heavy atom. The first-order valence-corrected chi connectivity index (χ1v) is 11.3. The van der Waals surface area contributed by atoms with Gasteiger partial charge in [-0.05, 0) is 48.4 Å². The molecule has 11 heteroatoms. The number of ketones is 1. The first-order valence-electron chi connectivity index (χ1n) is 10.5. The summed E-state index contributed by atoms with van der Waals surface area (Å²) in [5.74, 6) is -1.70. The maximum absolute atomic E-state index is 13.4. The Morgan fingerprint density at radius 3 is 2.47 bits per heavy atom. The van der Waals surface area contributed by atoms with Crippen LogP contribution in [0.15, 0.2) is 53.0 Å². The SMILES string of the molecule is O=C(NC(Cc1ccc(Br)cc1)C(=O)N1CCC2OCC(=O)C21)c1ccc(OC(F)(F)F)cc1. The zero-order valence-electron chi connectivity index (χ0n) is 17.7. The first kappa shape index (κ1) is 24.2. The summed E-state index contributed by atoms with van der Waals surface area (Å²) in [6.07, 6.45) is -4.50. The smallest absolute Gasteiger partial charge is 0.406 e. The predicted molar refractivity (Wildman–Crippen MR) is 117 cm³/mol. The molecule has 2 fully saturated rings. The highest BCUT2D eigenvalue weighted by Gasteiger charge is 2.48. The van der Waals surface area contributed by atoms with Crippen molar-refractivity contribution < 1.29 is 37.0 Å². The number of amides is 2. The number of Topliss-reactive ketones (excluding diaryl/α,β-unsaturated/α-hetero) is 1. The van der Waals surface area contributed by atoms with Gasteiger partial charge in [0, 0.05) is 23.0 Å². The zero-order chi connectivity index (χ0) is 24.5. The summed E-state index contributed by atoms with van der Waals surface area (Å²) in [4.78, 5) is 40.0. The van der Waals surface area contributed by atoms with Crippen LogP contribution in [-0.4, -0.2) is 60.2 Å². The second kappa shape index (κ2) is 9.75. The van der Waals surface area contributed by atoms with Gasteiger partial charge in [-0.2, -0.15) is 0 Å². The van der Waals surface area contributed by atoms with E-state index in [1.807, 2.05) is 0 Å². The van der Waals surface area contributed by atoms with Crippen molar-refractivity contribution in [2.75, 3.05) is 13.2 Å². The van der Waals surface area contributed by atoms with Crippen molar-refractivity contribution in [2.45, 2.75) is 37.4 Å². The van der Waals surface area contributed by atoms with Crippen LogP contribution >= 0.6 is 15.9 Å². The quantitative estimate of drug-likeness (QED) is 0.608. The molecule has 2 aromatic carbocycles. The number of carbonyl (C=O) groups is 3. The monoisotopic (exact) mass is 540 g/mol. The van der Waals surface area contributed by atoms with Crippen LogP contribution in [0.25, 0.3) is 0 Å². The highest BCUT2D eigenvalue weighted by atomic mass is 79.9. The Bertz CT molecular complexity index is 1080. The van der Waals surface area contributed by atoms with Crippen LogP contribution in [-0.2, 0) is 20.7 Å². The average molecular weight is 541 g/mol. The molecule has 2 aliphatic rings. The summed E-state index contributed by atoms with van der Waals surface area (Å²) in [6, 6.07) is 9.95. The van der Waals surface area contributed by atoms with E-state index in [0.717, 1.165) is 22.2 Å². The standard InChI is InChI=1S/C23H20BrF3N2O5/c24-15-5-1-13(2-6-15)11-17(22(32)29-10-9-19-20(29)18(30)12-33-19)28-21(31)14-3-7-16(8-4-14)34-23(25,26)27/h1-8,17,19-20H,9-12H2,(H,28,31). The number of hydrogen-bond donors (Lipinski definition) is 1. The van der Waals surface area contributed by atoms with Crippen LogP contribution in [0, 0.1) is 0 Å². The second-order valence-corrected chi connectivity index (χ2v) is 8.93. The van der Waals surface area contributed by atoms with Crippen LogP contribution in [0.1, 0.15) is 22.3 Å². The van der Waals surface area contributed by atoms with Gasteiger partial charge in [-0.1, -0.05) is 28.1 Å². The lowest BCUT2D eigenvalue weighted by atomic mass is 10.0. The zero-order valence-corrected chi connectivity index (χ0v) is 19.3. The highest BCUT2D eigenvalue weighted by molar-refractivity contribution is 9.10. The number of nitrogens with one attached hydrogen (secondary N) is 1. The van der Waals surface area contributed by atoms with E-state index in [0.29, 0.717) is 13.0 Å². The van der Waals surface area contributed by atoms with Crippen LogP contribution in [0.4, 0.5) is 13.2 Å². The van der Waals surface area contributed by atoms with Gasteiger partial charge in [-0.3, -0.25) is 14.4 Å². The van der Waals surface area contributed by atoms with E-state index in [1.54, 1.807) is 24.3 Å².